The standard InChI is InChI=1S/C12H25NO2/c1-9-5-13(6-10(15)8-14)7-11(9)12(2,3)4/h9-11,14-15H,5-8H2,1-4H3. The third-order valence-corrected chi connectivity index (χ3v) is 3.48. The van der Waals surface area contributed by atoms with Gasteiger partial charge in [0.25, 0.3) is 0 Å². The summed E-state index contributed by atoms with van der Waals surface area (Å²) in [7, 11) is 0. The average molecular weight is 215 g/mol. The van der Waals surface area contributed by atoms with Gasteiger partial charge < -0.3 is 15.1 Å². The second-order valence-electron chi connectivity index (χ2n) is 6.00. The summed E-state index contributed by atoms with van der Waals surface area (Å²) in [6.07, 6.45) is -0.587. The average Bonchev–Trinajstić information content (AvgIpc) is 2.45. The summed E-state index contributed by atoms with van der Waals surface area (Å²) in [5, 5.41) is 18.2. The number of β-amino-alcohol motifs (C(OH)–C–C–N with tert-alkyl or cyclic N) is 1. The monoisotopic (exact) mass is 215 g/mol. The molecule has 0 aromatic rings. The van der Waals surface area contributed by atoms with E-state index in [1.165, 1.54) is 0 Å². The van der Waals surface area contributed by atoms with Crippen molar-refractivity contribution in [2.75, 3.05) is 26.2 Å². The van der Waals surface area contributed by atoms with Crippen LogP contribution in [-0.2, 0) is 0 Å². The number of likely N-dealkylation sites (tertiary alicyclic amines) is 1. The second kappa shape index (κ2) is 4.81. The van der Waals surface area contributed by atoms with Crippen molar-refractivity contribution in [3.8, 4) is 0 Å². The van der Waals surface area contributed by atoms with Crippen molar-refractivity contribution in [2.45, 2.75) is 33.8 Å². The van der Waals surface area contributed by atoms with Crippen molar-refractivity contribution < 1.29 is 10.2 Å². The summed E-state index contributed by atoms with van der Waals surface area (Å²) in [6, 6.07) is 0. The first-order valence-electron chi connectivity index (χ1n) is 5.86. The minimum atomic E-state index is -0.587. The third-order valence-electron chi connectivity index (χ3n) is 3.48. The molecule has 0 spiro atoms. The van der Waals surface area contributed by atoms with Crippen molar-refractivity contribution in [3.05, 3.63) is 0 Å². The number of hydrogen-bond acceptors (Lipinski definition) is 3. The smallest absolute Gasteiger partial charge is 0.0897 e. The summed E-state index contributed by atoms with van der Waals surface area (Å²) >= 11 is 0. The van der Waals surface area contributed by atoms with Gasteiger partial charge in [0.2, 0.25) is 0 Å². The first-order chi connectivity index (χ1) is 6.84. The molecule has 15 heavy (non-hydrogen) atoms. The van der Waals surface area contributed by atoms with Crippen LogP contribution in [0.1, 0.15) is 27.7 Å². The Morgan fingerprint density at radius 2 is 1.93 bits per heavy atom. The van der Waals surface area contributed by atoms with E-state index in [-0.39, 0.29) is 6.61 Å². The van der Waals surface area contributed by atoms with E-state index in [0.29, 0.717) is 23.8 Å². The largest absolute Gasteiger partial charge is 0.394 e. The van der Waals surface area contributed by atoms with Crippen molar-refractivity contribution in [2.24, 2.45) is 17.3 Å². The van der Waals surface area contributed by atoms with E-state index in [9.17, 15) is 5.11 Å². The van der Waals surface area contributed by atoms with Crippen LogP contribution in [0.15, 0.2) is 0 Å². The van der Waals surface area contributed by atoms with E-state index in [1.54, 1.807) is 0 Å². The summed E-state index contributed by atoms with van der Waals surface area (Å²) in [5.74, 6) is 1.36. The molecule has 1 aliphatic heterocycles. The Balaban J connectivity index is 2.49. The molecular formula is C12H25NO2. The normalized spacial score (nSPS) is 30.8. The molecule has 0 saturated carbocycles. The third kappa shape index (κ3) is 3.44. The summed E-state index contributed by atoms with van der Waals surface area (Å²) in [4.78, 5) is 2.27. The lowest BCUT2D eigenvalue weighted by atomic mass is 9.76. The van der Waals surface area contributed by atoms with Gasteiger partial charge in [0.05, 0.1) is 12.7 Å². The van der Waals surface area contributed by atoms with Gasteiger partial charge in [-0.05, 0) is 17.3 Å². The van der Waals surface area contributed by atoms with Crippen molar-refractivity contribution in [3.63, 3.8) is 0 Å². The van der Waals surface area contributed by atoms with Crippen molar-refractivity contribution >= 4 is 0 Å². The van der Waals surface area contributed by atoms with Crippen LogP contribution in [-0.4, -0.2) is 47.5 Å². The lowest BCUT2D eigenvalue weighted by Gasteiger charge is -2.30. The van der Waals surface area contributed by atoms with Crippen LogP contribution >= 0.6 is 0 Å². The molecule has 90 valence electrons. The number of rotatable bonds is 3. The van der Waals surface area contributed by atoms with E-state index in [2.05, 4.69) is 32.6 Å². The van der Waals surface area contributed by atoms with Gasteiger partial charge in [-0.15, -0.1) is 0 Å². The molecule has 3 heteroatoms. The van der Waals surface area contributed by atoms with E-state index in [4.69, 9.17) is 5.11 Å². The topological polar surface area (TPSA) is 43.7 Å². The van der Waals surface area contributed by atoms with Gasteiger partial charge in [-0.25, -0.2) is 0 Å². The molecule has 0 bridgehead atoms. The van der Waals surface area contributed by atoms with Crippen LogP contribution in [0, 0.1) is 17.3 Å². The van der Waals surface area contributed by atoms with Crippen LogP contribution in [0.2, 0.25) is 0 Å². The Morgan fingerprint density at radius 3 is 2.33 bits per heavy atom. The first kappa shape index (κ1) is 12.9. The van der Waals surface area contributed by atoms with E-state index in [1.807, 2.05) is 0 Å². The zero-order valence-corrected chi connectivity index (χ0v) is 10.4. The fourth-order valence-electron chi connectivity index (χ4n) is 2.70. The van der Waals surface area contributed by atoms with Gasteiger partial charge in [0.15, 0.2) is 0 Å². The lowest BCUT2D eigenvalue weighted by Crippen LogP contribution is -2.34. The Labute approximate surface area is 93.1 Å². The molecule has 1 saturated heterocycles. The molecule has 0 radical (unpaired) electrons. The molecular weight excluding hydrogens is 190 g/mol. The Hall–Kier alpha value is -0.120. The van der Waals surface area contributed by atoms with Crippen LogP contribution in [0.4, 0.5) is 0 Å². The van der Waals surface area contributed by atoms with Gasteiger partial charge in [0.1, 0.15) is 0 Å². The summed E-state index contributed by atoms with van der Waals surface area (Å²) in [6.45, 7) is 11.7. The maximum Gasteiger partial charge on any atom is 0.0897 e. The van der Waals surface area contributed by atoms with E-state index in [0.717, 1.165) is 13.1 Å². The molecule has 2 N–H and O–H groups in total. The van der Waals surface area contributed by atoms with Gasteiger partial charge >= 0.3 is 0 Å². The number of hydrogen-bond donors (Lipinski definition) is 2. The molecule has 0 aliphatic carbocycles. The predicted molar refractivity (Wildman–Crippen MR) is 61.6 cm³/mol. The minimum Gasteiger partial charge on any atom is -0.394 e. The lowest BCUT2D eigenvalue weighted by molar-refractivity contribution is 0.0630. The molecule has 1 heterocycles. The van der Waals surface area contributed by atoms with Crippen LogP contribution in [0.5, 0.6) is 0 Å². The first-order valence-corrected chi connectivity index (χ1v) is 5.86. The molecule has 1 fully saturated rings. The van der Waals surface area contributed by atoms with Crippen LogP contribution < -0.4 is 0 Å². The Kier molecular flexibility index (Phi) is 4.15. The molecule has 1 rings (SSSR count). The van der Waals surface area contributed by atoms with Crippen molar-refractivity contribution in [1.82, 2.24) is 4.90 Å². The van der Waals surface area contributed by atoms with Gasteiger partial charge in [-0.1, -0.05) is 27.7 Å². The van der Waals surface area contributed by atoms with Crippen molar-refractivity contribution in [1.29, 1.82) is 0 Å². The number of nitrogens with zero attached hydrogens (tertiary/aromatic N) is 1. The van der Waals surface area contributed by atoms with Crippen LogP contribution in [0.3, 0.4) is 0 Å². The van der Waals surface area contributed by atoms with E-state index >= 15 is 0 Å². The molecule has 1 aliphatic rings. The highest BCUT2D eigenvalue weighted by molar-refractivity contribution is 4.89. The summed E-state index contributed by atoms with van der Waals surface area (Å²) < 4.78 is 0. The molecule has 0 aromatic heterocycles. The fourth-order valence-corrected chi connectivity index (χ4v) is 2.70. The maximum absolute atomic E-state index is 9.40. The fraction of sp³-hybridized carbons (Fsp3) is 1.00. The Morgan fingerprint density at radius 1 is 1.33 bits per heavy atom. The zero-order chi connectivity index (χ0) is 11.6. The zero-order valence-electron chi connectivity index (χ0n) is 10.4. The highest BCUT2D eigenvalue weighted by Crippen LogP contribution is 2.37. The van der Waals surface area contributed by atoms with Gasteiger partial charge in [-0.2, -0.15) is 0 Å². The highest BCUT2D eigenvalue weighted by atomic mass is 16.3. The predicted octanol–water partition coefficient (Wildman–Crippen LogP) is 0.954. The molecule has 3 nitrogen and oxygen atoms in total. The highest BCUT2D eigenvalue weighted by Gasteiger charge is 2.37. The quantitative estimate of drug-likeness (QED) is 0.737. The summed E-state index contributed by atoms with van der Waals surface area (Å²) in [5.41, 5.74) is 0.332. The number of aliphatic hydroxyl groups is 2. The SMILES string of the molecule is CC1CN(CC(O)CO)CC1C(C)(C)C. The Bertz CT molecular complexity index is 200. The van der Waals surface area contributed by atoms with Crippen LogP contribution in [0.25, 0.3) is 0 Å². The number of aliphatic hydroxyl groups excluding tert-OH is 2. The molecule has 3 atom stereocenters. The van der Waals surface area contributed by atoms with E-state index < -0.39 is 6.10 Å². The maximum atomic E-state index is 9.40. The molecule has 0 amide bonds. The van der Waals surface area contributed by atoms with Gasteiger partial charge in [-0.3, -0.25) is 0 Å². The second-order valence-corrected chi connectivity index (χ2v) is 6.00. The minimum absolute atomic E-state index is 0.134. The van der Waals surface area contributed by atoms with Gasteiger partial charge in [0, 0.05) is 19.6 Å². The molecule has 3 unspecified atom stereocenters. The molecule has 0 aromatic carbocycles.